The zero-order valence-electron chi connectivity index (χ0n) is 10.5. The maximum atomic E-state index is 12.9. The Morgan fingerprint density at radius 3 is 2.89 bits per heavy atom. The zero-order valence-corrected chi connectivity index (χ0v) is 11.3. The van der Waals surface area contributed by atoms with Gasteiger partial charge < -0.3 is 10.1 Å². The lowest BCUT2D eigenvalue weighted by Crippen LogP contribution is -2.27. The number of aryl methyl sites for hydroxylation is 1. The number of carbonyl (C=O) groups is 1. The monoisotopic (exact) mass is 273 g/mol. The molecule has 1 atom stereocenters. The van der Waals surface area contributed by atoms with Crippen molar-refractivity contribution >= 4 is 17.5 Å². The van der Waals surface area contributed by atoms with E-state index in [0.717, 1.165) is 0 Å². The van der Waals surface area contributed by atoms with Crippen molar-refractivity contribution in [3.63, 3.8) is 0 Å². The van der Waals surface area contributed by atoms with Gasteiger partial charge in [-0.3, -0.25) is 4.79 Å². The van der Waals surface area contributed by atoms with Crippen LogP contribution in [-0.4, -0.2) is 31.5 Å². The first kappa shape index (κ1) is 14.9. The fourth-order valence-electron chi connectivity index (χ4n) is 1.58. The molecule has 0 aliphatic rings. The smallest absolute Gasteiger partial charge is 0.251 e. The van der Waals surface area contributed by atoms with Crippen molar-refractivity contribution < 1.29 is 13.9 Å². The molecule has 0 aromatic heterocycles. The molecule has 3 nitrogen and oxygen atoms in total. The van der Waals surface area contributed by atoms with Gasteiger partial charge in [-0.25, -0.2) is 4.39 Å². The average Bonchev–Trinajstić information content (AvgIpc) is 2.29. The van der Waals surface area contributed by atoms with Gasteiger partial charge in [0, 0.05) is 19.2 Å². The summed E-state index contributed by atoms with van der Waals surface area (Å²) >= 11 is 5.94. The number of nitrogens with one attached hydrogen (secondary N) is 1. The minimum absolute atomic E-state index is 0.121. The number of ether oxygens (including phenoxy) is 1. The van der Waals surface area contributed by atoms with Crippen LogP contribution in [-0.2, 0) is 4.74 Å². The van der Waals surface area contributed by atoms with Crippen LogP contribution >= 0.6 is 11.6 Å². The lowest BCUT2D eigenvalue weighted by molar-refractivity contribution is 0.0951. The second-order valence-electron chi connectivity index (χ2n) is 4.06. The Kier molecular flexibility index (Phi) is 6.09. The van der Waals surface area contributed by atoms with Crippen molar-refractivity contribution in [3.8, 4) is 0 Å². The number of benzene rings is 1. The Bertz CT molecular complexity index is 412. The van der Waals surface area contributed by atoms with E-state index < -0.39 is 0 Å². The summed E-state index contributed by atoms with van der Waals surface area (Å²) in [6, 6.07) is 4.09. The predicted octanol–water partition coefficient (Wildman–Crippen LogP) is 2.51. The van der Waals surface area contributed by atoms with Gasteiger partial charge in [-0.15, -0.1) is 11.6 Å². The van der Waals surface area contributed by atoms with Gasteiger partial charge in [0.1, 0.15) is 5.82 Å². The van der Waals surface area contributed by atoms with Crippen LogP contribution in [0.2, 0.25) is 0 Å². The van der Waals surface area contributed by atoms with E-state index in [0.29, 0.717) is 30.7 Å². The third-order valence-corrected chi connectivity index (χ3v) is 2.87. The van der Waals surface area contributed by atoms with Gasteiger partial charge in [-0.05, 0) is 37.1 Å². The molecule has 1 aromatic carbocycles. The molecule has 0 fully saturated rings. The van der Waals surface area contributed by atoms with Crippen LogP contribution in [0.25, 0.3) is 0 Å². The Balaban J connectivity index is 2.45. The number of halogens is 2. The lowest BCUT2D eigenvalue weighted by atomic mass is 10.1. The largest absolute Gasteiger partial charge is 0.383 e. The maximum absolute atomic E-state index is 12.9. The second kappa shape index (κ2) is 7.34. The number of carbonyl (C=O) groups excluding carboxylic acids is 1. The van der Waals surface area contributed by atoms with Crippen molar-refractivity contribution in [2.75, 3.05) is 20.3 Å². The molecule has 0 spiro atoms. The molecule has 100 valence electrons. The highest BCUT2D eigenvalue weighted by atomic mass is 35.5. The third kappa shape index (κ3) is 4.63. The highest BCUT2D eigenvalue weighted by Gasteiger charge is 2.10. The van der Waals surface area contributed by atoms with Crippen molar-refractivity contribution in [1.29, 1.82) is 0 Å². The topological polar surface area (TPSA) is 38.3 Å². The molecule has 0 aliphatic heterocycles. The molecular weight excluding hydrogens is 257 g/mol. The number of alkyl halides is 1. The molecule has 0 aliphatic carbocycles. The number of hydrogen-bond donors (Lipinski definition) is 1. The summed E-state index contributed by atoms with van der Waals surface area (Å²) in [6.07, 6.45) is 0.626. The van der Waals surface area contributed by atoms with Crippen molar-refractivity contribution in [3.05, 3.63) is 35.1 Å². The van der Waals surface area contributed by atoms with Gasteiger partial charge in [0.2, 0.25) is 0 Å². The van der Waals surface area contributed by atoms with Crippen LogP contribution in [0.1, 0.15) is 22.3 Å². The fraction of sp³-hybridized carbons (Fsp3) is 0.462. The molecule has 0 heterocycles. The predicted molar refractivity (Wildman–Crippen MR) is 69.6 cm³/mol. The average molecular weight is 274 g/mol. The molecule has 0 saturated heterocycles. The maximum Gasteiger partial charge on any atom is 0.251 e. The highest BCUT2D eigenvalue weighted by molar-refractivity contribution is 6.20. The summed E-state index contributed by atoms with van der Waals surface area (Å²) in [4.78, 5) is 11.8. The van der Waals surface area contributed by atoms with E-state index >= 15 is 0 Å². The van der Waals surface area contributed by atoms with Crippen LogP contribution in [0.15, 0.2) is 18.2 Å². The van der Waals surface area contributed by atoms with Crippen LogP contribution in [0.5, 0.6) is 0 Å². The molecule has 0 radical (unpaired) electrons. The van der Waals surface area contributed by atoms with Crippen LogP contribution in [0.3, 0.4) is 0 Å². The minimum Gasteiger partial charge on any atom is -0.383 e. The summed E-state index contributed by atoms with van der Waals surface area (Å²) in [5.74, 6) is -0.557. The molecule has 1 N–H and O–H groups in total. The fourth-order valence-corrected chi connectivity index (χ4v) is 1.82. The highest BCUT2D eigenvalue weighted by Crippen LogP contribution is 2.10. The van der Waals surface area contributed by atoms with E-state index in [1.54, 1.807) is 14.0 Å². The summed E-state index contributed by atoms with van der Waals surface area (Å²) in [6.45, 7) is 2.62. The normalized spacial score (nSPS) is 12.2. The van der Waals surface area contributed by atoms with Gasteiger partial charge in [0.05, 0.1) is 12.0 Å². The van der Waals surface area contributed by atoms with E-state index in [1.165, 1.54) is 18.2 Å². The first-order valence-corrected chi connectivity index (χ1v) is 6.15. The summed E-state index contributed by atoms with van der Waals surface area (Å²) in [5.41, 5.74) is 1.10. The van der Waals surface area contributed by atoms with Gasteiger partial charge in [0.15, 0.2) is 0 Å². The number of hydrogen-bond acceptors (Lipinski definition) is 2. The molecular formula is C13H17ClFNO2. The summed E-state index contributed by atoms with van der Waals surface area (Å²) in [5, 5.41) is 2.63. The Labute approximate surface area is 111 Å². The molecule has 5 heteroatoms. The summed E-state index contributed by atoms with van der Waals surface area (Å²) in [7, 11) is 1.58. The SMILES string of the molecule is COCC(Cl)CCNC(=O)c1ccc(F)cc1C. The minimum atomic E-state index is -0.343. The zero-order chi connectivity index (χ0) is 13.5. The van der Waals surface area contributed by atoms with Crippen molar-refractivity contribution in [2.24, 2.45) is 0 Å². The molecule has 1 aromatic rings. The molecule has 1 amide bonds. The van der Waals surface area contributed by atoms with Crippen LogP contribution in [0, 0.1) is 12.7 Å². The second-order valence-corrected chi connectivity index (χ2v) is 4.67. The number of rotatable bonds is 6. The quantitative estimate of drug-likeness (QED) is 0.809. The van der Waals surface area contributed by atoms with E-state index in [4.69, 9.17) is 16.3 Å². The molecule has 0 bridgehead atoms. The van der Waals surface area contributed by atoms with Crippen molar-refractivity contribution in [1.82, 2.24) is 5.32 Å². The molecule has 1 rings (SSSR count). The number of methoxy groups -OCH3 is 1. The Morgan fingerprint density at radius 1 is 1.56 bits per heavy atom. The first-order chi connectivity index (χ1) is 8.54. The Hall–Kier alpha value is -1.13. The third-order valence-electron chi connectivity index (χ3n) is 2.52. The van der Waals surface area contributed by atoms with Crippen molar-refractivity contribution in [2.45, 2.75) is 18.7 Å². The van der Waals surface area contributed by atoms with Gasteiger partial charge in [-0.2, -0.15) is 0 Å². The van der Waals surface area contributed by atoms with Crippen LogP contribution in [0.4, 0.5) is 4.39 Å². The molecule has 1 unspecified atom stereocenters. The summed E-state index contributed by atoms with van der Waals surface area (Å²) < 4.78 is 17.8. The van der Waals surface area contributed by atoms with Crippen LogP contribution < -0.4 is 5.32 Å². The standard InChI is InChI=1S/C13H17ClFNO2/c1-9-7-11(15)3-4-12(9)13(17)16-6-5-10(14)8-18-2/h3-4,7,10H,5-6,8H2,1-2H3,(H,16,17). The van der Waals surface area contributed by atoms with E-state index in [1.807, 2.05) is 0 Å². The Morgan fingerprint density at radius 2 is 2.28 bits per heavy atom. The van der Waals surface area contributed by atoms with E-state index in [-0.39, 0.29) is 17.1 Å². The van der Waals surface area contributed by atoms with E-state index in [2.05, 4.69) is 5.32 Å². The lowest BCUT2D eigenvalue weighted by Gasteiger charge is -2.10. The first-order valence-electron chi connectivity index (χ1n) is 5.72. The van der Waals surface area contributed by atoms with Gasteiger partial charge >= 0.3 is 0 Å². The molecule has 18 heavy (non-hydrogen) atoms. The molecule has 0 saturated carbocycles. The van der Waals surface area contributed by atoms with Gasteiger partial charge in [0.25, 0.3) is 5.91 Å². The van der Waals surface area contributed by atoms with E-state index in [9.17, 15) is 9.18 Å². The number of amides is 1. The van der Waals surface area contributed by atoms with Gasteiger partial charge in [-0.1, -0.05) is 0 Å².